The Morgan fingerprint density at radius 2 is 1.24 bits per heavy atom. The van der Waals surface area contributed by atoms with Crippen molar-refractivity contribution in [2.45, 2.75) is 13.5 Å². The molecule has 7 rings (SSSR count). The van der Waals surface area contributed by atoms with Crippen molar-refractivity contribution < 1.29 is 0 Å². The Balaban J connectivity index is 1.20. The van der Waals surface area contributed by atoms with Gasteiger partial charge in [0.25, 0.3) is 0 Å². The molecule has 6 aromatic carbocycles. The van der Waals surface area contributed by atoms with Crippen molar-refractivity contribution in [3.8, 4) is 22.3 Å². The molecule has 0 aliphatic heterocycles. The highest BCUT2D eigenvalue weighted by atomic mass is 14.9. The summed E-state index contributed by atoms with van der Waals surface area (Å²) in [5.41, 5.74) is 11.7. The van der Waals surface area contributed by atoms with Crippen LogP contribution in [0.25, 0.3) is 40.0 Å². The molecule has 0 spiro atoms. The van der Waals surface area contributed by atoms with Crippen molar-refractivity contribution >= 4 is 29.8 Å². The van der Waals surface area contributed by atoms with Crippen LogP contribution in [0.1, 0.15) is 34.7 Å². The van der Waals surface area contributed by atoms with Crippen LogP contribution < -0.4 is 10.4 Å². The molecular weight excluding hydrogens is 556 g/mol. The second-order valence-electron chi connectivity index (χ2n) is 11.5. The average molecular weight is 591 g/mol. The number of hydrogen-bond donors (Lipinski definition) is 0. The lowest BCUT2D eigenvalue weighted by atomic mass is 9.96. The van der Waals surface area contributed by atoms with Crippen LogP contribution >= 0.6 is 0 Å². The predicted molar refractivity (Wildman–Crippen MR) is 195 cm³/mol. The van der Waals surface area contributed by atoms with Crippen molar-refractivity contribution in [3.63, 3.8) is 0 Å². The Bertz CT molecular complexity index is 2200. The summed E-state index contributed by atoms with van der Waals surface area (Å²) in [7, 11) is 0. The second-order valence-corrected chi connectivity index (χ2v) is 11.5. The molecule has 0 unspecified atom stereocenters. The molecule has 1 aliphatic carbocycles. The van der Waals surface area contributed by atoms with Crippen LogP contribution in [0.4, 0.5) is 0 Å². The first-order chi connectivity index (χ1) is 22.7. The van der Waals surface area contributed by atoms with E-state index in [2.05, 4.69) is 153 Å². The van der Waals surface area contributed by atoms with E-state index in [1.165, 1.54) is 43.8 Å². The summed E-state index contributed by atoms with van der Waals surface area (Å²) in [4.78, 5) is 9.90. The summed E-state index contributed by atoms with van der Waals surface area (Å²) in [6.45, 7) is 2.72. The highest BCUT2D eigenvalue weighted by Crippen LogP contribution is 2.23. The van der Waals surface area contributed by atoms with Crippen molar-refractivity contribution in [1.82, 2.24) is 0 Å². The molecule has 220 valence electrons. The van der Waals surface area contributed by atoms with Crippen LogP contribution in [-0.4, -0.2) is 12.1 Å². The number of rotatable bonds is 6. The van der Waals surface area contributed by atoms with Crippen LogP contribution in [0.3, 0.4) is 0 Å². The van der Waals surface area contributed by atoms with Gasteiger partial charge in [0, 0.05) is 11.8 Å². The average Bonchev–Trinajstić information content (AvgIpc) is 3.12. The first-order valence-electron chi connectivity index (χ1n) is 15.7. The van der Waals surface area contributed by atoms with E-state index >= 15 is 0 Å². The Morgan fingerprint density at radius 3 is 2.07 bits per heavy atom. The van der Waals surface area contributed by atoms with Crippen LogP contribution in [0.2, 0.25) is 0 Å². The van der Waals surface area contributed by atoms with E-state index in [4.69, 9.17) is 9.98 Å². The van der Waals surface area contributed by atoms with E-state index in [0.717, 1.165) is 22.3 Å². The number of amidine groups is 1. The summed E-state index contributed by atoms with van der Waals surface area (Å²) < 4.78 is 0. The smallest absolute Gasteiger partial charge is 0.154 e. The number of hydrogen-bond acceptors (Lipinski definition) is 1. The molecule has 0 N–H and O–H groups in total. The van der Waals surface area contributed by atoms with Gasteiger partial charge in [0.1, 0.15) is 0 Å². The van der Waals surface area contributed by atoms with E-state index in [1.807, 2.05) is 30.5 Å². The summed E-state index contributed by atoms with van der Waals surface area (Å²) in [6, 6.07) is 53.1. The molecule has 46 heavy (non-hydrogen) atoms. The molecule has 6 aromatic rings. The maximum absolute atomic E-state index is 5.02. The second kappa shape index (κ2) is 13.4. The lowest BCUT2D eigenvalue weighted by Crippen LogP contribution is -2.25. The van der Waals surface area contributed by atoms with Gasteiger partial charge in [-0.3, -0.25) is 4.99 Å². The Kier molecular flexibility index (Phi) is 8.43. The molecular formula is C44H34N2. The minimum Gasteiger partial charge on any atom is -0.261 e. The van der Waals surface area contributed by atoms with Crippen molar-refractivity contribution in [3.05, 3.63) is 196 Å². The third-order valence-corrected chi connectivity index (χ3v) is 8.35. The van der Waals surface area contributed by atoms with E-state index in [1.54, 1.807) is 0 Å². The number of aliphatic imine (C=N–C) groups is 2. The quantitative estimate of drug-likeness (QED) is 0.137. The summed E-state index contributed by atoms with van der Waals surface area (Å²) in [5, 5.41) is 2.43. The first kappa shape index (κ1) is 28.9. The molecule has 0 radical (unpaired) electrons. The summed E-state index contributed by atoms with van der Waals surface area (Å²) in [6.07, 6.45) is 8.63. The van der Waals surface area contributed by atoms with Crippen molar-refractivity contribution in [1.29, 1.82) is 0 Å². The van der Waals surface area contributed by atoms with Crippen molar-refractivity contribution in [2.75, 3.05) is 0 Å². The minimum absolute atomic E-state index is 0.539. The monoisotopic (exact) mass is 590 g/mol. The van der Waals surface area contributed by atoms with Gasteiger partial charge in [-0.1, -0.05) is 152 Å². The number of allylic oxidation sites excluding steroid dienone is 2. The lowest BCUT2D eigenvalue weighted by Gasteiger charge is -2.09. The van der Waals surface area contributed by atoms with Gasteiger partial charge in [0.05, 0.1) is 6.54 Å². The Labute approximate surface area is 270 Å². The molecule has 2 nitrogen and oxygen atoms in total. The zero-order valence-corrected chi connectivity index (χ0v) is 25.8. The van der Waals surface area contributed by atoms with Gasteiger partial charge in [-0.25, -0.2) is 4.99 Å². The molecule has 0 bridgehead atoms. The van der Waals surface area contributed by atoms with Crippen LogP contribution in [-0.2, 0) is 6.54 Å². The van der Waals surface area contributed by atoms with Crippen LogP contribution in [0.15, 0.2) is 168 Å². The first-order valence-corrected chi connectivity index (χ1v) is 15.7. The van der Waals surface area contributed by atoms with E-state index in [-0.39, 0.29) is 0 Å². The zero-order valence-electron chi connectivity index (χ0n) is 25.8. The van der Waals surface area contributed by atoms with Gasteiger partial charge in [-0.05, 0) is 85.7 Å². The number of fused-ring (bicyclic) bond motifs is 2. The Hall–Kier alpha value is -5.86. The molecule has 0 heterocycles. The van der Waals surface area contributed by atoms with E-state index in [9.17, 15) is 0 Å². The summed E-state index contributed by atoms with van der Waals surface area (Å²) in [5.74, 6) is 0.709. The van der Waals surface area contributed by atoms with Crippen LogP contribution in [0, 0.1) is 0 Å². The predicted octanol–water partition coefficient (Wildman–Crippen LogP) is 9.11. The van der Waals surface area contributed by atoms with E-state index < -0.39 is 0 Å². The van der Waals surface area contributed by atoms with Crippen molar-refractivity contribution in [2.24, 2.45) is 9.98 Å². The fourth-order valence-electron chi connectivity index (χ4n) is 5.82. The van der Waals surface area contributed by atoms with Crippen LogP contribution in [0.5, 0.6) is 0 Å². The molecule has 0 fully saturated rings. The highest BCUT2D eigenvalue weighted by Gasteiger charge is 2.07. The van der Waals surface area contributed by atoms with E-state index in [0.29, 0.717) is 12.4 Å². The molecule has 0 aromatic heterocycles. The third-order valence-electron chi connectivity index (χ3n) is 8.35. The fourth-order valence-corrected chi connectivity index (χ4v) is 5.82. The van der Waals surface area contributed by atoms with Gasteiger partial charge < -0.3 is 0 Å². The molecule has 0 saturated carbocycles. The van der Waals surface area contributed by atoms with Gasteiger partial charge >= 0.3 is 0 Å². The third kappa shape index (κ3) is 6.62. The summed E-state index contributed by atoms with van der Waals surface area (Å²) >= 11 is 0. The van der Waals surface area contributed by atoms with Gasteiger partial charge in [0.15, 0.2) is 5.84 Å². The SMILES string of the molecule is C\C1=C/C=c2/cc(-c3ccc(C(/N=C\c4ccccc4)=N/Cc4cccc(-c5ccccc5)c4)cc3)cc/c2=C/c2ccccc21. The largest absolute Gasteiger partial charge is 0.261 e. The fraction of sp³-hybridized carbons (Fsp3) is 0.0455. The maximum Gasteiger partial charge on any atom is 0.154 e. The normalized spacial score (nSPS) is 15.2. The lowest BCUT2D eigenvalue weighted by molar-refractivity contribution is 1.06. The molecule has 1 aliphatic rings. The zero-order chi connectivity index (χ0) is 31.1. The van der Waals surface area contributed by atoms with Gasteiger partial charge in [0.2, 0.25) is 0 Å². The Morgan fingerprint density at radius 1 is 0.565 bits per heavy atom. The molecule has 0 amide bonds. The number of benzene rings is 6. The molecule has 2 heteroatoms. The highest BCUT2D eigenvalue weighted by molar-refractivity contribution is 6.05. The molecule has 0 saturated heterocycles. The minimum atomic E-state index is 0.539. The maximum atomic E-state index is 5.02. The van der Waals surface area contributed by atoms with Gasteiger partial charge in [-0.2, -0.15) is 0 Å². The molecule has 0 atom stereocenters. The topological polar surface area (TPSA) is 24.7 Å². The standard InChI is InChI=1S/C44H34N2/c1-32-19-20-40-28-39(25-26-41(40)29-42-16-8-9-18-43(32)42)36-21-23-37(24-22-36)44(45-30-33-11-4-2-5-12-33)46-31-34-13-10-17-38(27-34)35-14-6-3-7-15-35/h2-30H,31H2,1H3/b20-19?,32-19+,40-20-,41-29-,42-29?,43-32?,45-30-,46-44-. The number of nitrogens with zero attached hydrogens (tertiary/aromatic N) is 2. The van der Waals surface area contributed by atoms with Gasteiger partial charge in [-0.15, -0.1) is 0 Å².